The van der Waals surface area contributed by atoms with Gasteiger partial charge < -0.3 is 10.1 Å². The Kier molecular flexibility index (Phi) is 6.17. The van der Waals surface area contributed by atoms with Crippen molar-refractivity contribution in [3.05, 3.63) is 18.2 Å². The van der Waals surface area contributed by atoms with Gasteiger partial charge in [-0.1, -0.05) is 6.92 Å². The van der Waals surface area contributed by atoms with Crippen molar-refractivity contribution in [3.8, 4) is 5.75 Å². The largest absolute Gasteiger partial charge is 0.492 e. The summed E-state index contributed by atoms with van der Waals surface area (Å²) in [5, 5.41) is 2.65. The lowest BCUT2D eigenvalue weighted by Gasteiger charge is -2.14. The number of carbonyl (C=O) groups excluding carboxylic acids is 1. The van der Waals surface area contributed by atoms with Gasteiger partial charge in [-0.25, -0.2) is 13.1 Å². The fraction of sp³-hybridized carbons (Fsp3) is 0.500. The summed E-state index contributed by atoms with van der Waals surface area (Å²) in [5.41, 5.74) is 0.357. The van der Waals surface area contributed by atoms with Crippen LogP contribution in [0.25, 0.3) is 0 Å². The molecule has 0 aliphatic carbocycles. The van der Waals surface area contributed by atoms with E-state index in [-0.39, 0.29) is 16.8 Å². The third-order valence-corrected chi connectivity index (χ3v) is 4.20. The molecule has 0 radical (unpaired) electrons. The van der Waals surface area contributed by atoms with Crippen molar-refractivity contribution < 1.29 is 17.9 Å². The Bertz CT molecular complexity index is 597. The fourth-order valence-electron chi connectivity index (χ4n) is 1.67. The van der Waals surface area contributed by atoms with Gasteiger partial charge in [0, 0.05) is 12.5 Å². The number of ether oxygens (including phenoxy) is 1. The van der Waals surface area contributed by atoms with Gasteiger partial charge in [0.25, 0.3) is 0 Å². The maximum Gasteiger partial charge on any atom is 0.240 e. The standard InChI is InChI=1S/C14H22N2O4S/c1-5-14(17)15-12-9-11(7-8-13(12)20-6-2)21(18,19)16-10(3)4/h7-10,16H,5-6H2,1-4H3,(H,15,17). The maximum absolute atomic E-state index is 12.2. The molecule has 0 aliphatic heterocycles. The number of anilines is 1. The van der Waals surface area contributed by atoms with Crippen LogP contribution in [-0.4, -0.2) is 27.0 Å². The predicted octanol–water partition coefficient (Wildman–Crippen LogP) is 2.12. The van der Waals surface area contributed by atoms with Gasteiger partial charge in [-0.3, -0.25) is 4.79 Å². The molecule has 1 rings (SSSR count). The van der Waals surface area contributed by atoms with Crippen molar-refractivity contribution in [1.29, 1.82) is 0 Å². The van der Waals surface area contributed by atoms with Crippen molar-refractivity contribution in [2.24, 2.45) is 0 Å². The van der Waals surface area contributed by atoms with Crippen LogP contribution < -0.4 is 14.8 Å². The number of hydrogen-bond donors (Lipinski definition) is 2. The van der Waals surface area contributed by atoms with E-state index in [1.807, 2.05) is 6.92 Å². The number of amides is 1. The number of hydrogen-bond acceptors (Lipinski definition) is 4. The minimum absolute atomic E-state index is 0.0889. The molecule has 7 heteroatoms. The van der Waals surface area contributed by atoms with Crippen molar-refractivity contribution in [3.63, 3.8) is 0 Å². The molecule has 0 spiro atoms. The molecule has 2 N–H and O–H groups in total. The second-order valence-electron chi connectivity index (χ2n) is 4.77. The molecule has 0 aliphatic rings. The van der Waals surface area contributed by atoms with Crippen LogP contribution in [0, 0.1) is 0 Å². The Balaban J connectivity index is 3.20. The molecule has 0 heterocycles. The predicted molar refractivity (Wildman–Crippen MR) is 82.0 cm³/mol. The second kappa shape index (κ2) is 7.42. The van der Waals surface area contributed by atoms with E-state index in [1.165, 1.54) is 12.1 Å². The van der Waals surface area contributed by atoms with E-state index in [4.69, 9.17) is 4.74 Å². The number of sulfonamides is 1. The van der Waals surface area contributed by atoms with Gasteiger partial charge in [-0.05, 0) is 39.0 Å². The summed E-state index contributed by atoms with van der Waals surface area (Å²) in [7, 11) is -3.61. The summed E-state index contributed by atoms with van der Waals surface area (Å²) >= 11 is 0. The first kappa shape index (κ1) is 17.5. The van der Waals surface area contributed by atoms with Crippen LogP contribution in [0.1, 0.15) is 34.1 Å². The molecule has 21 heavy (non-hydrogen) atoms. The number of carbonyl (C=O) groups is 1. The van der Waals surface area contributed by atoms with Gasteiger partial charge in [0.15, 0.2) is 0 Å². The lowest BCUT2D eigenvalue weighted by Crippen LogP contribution is -2.30. The lowest BCUT2D eigenvalue weighted by molar-refractivity contribution is -0.115. The highest BCUT2D eigenvalue weighted by atomic mass is 32.2. The number of nitrogens with one attached hydrogen (secondary N) is 2. The highest BCUT2D eigenvalue weighted by Crippen LogP contribution is 2.28. The Morgan fingerprint density at radius 1 is 1.29 bits per heavy atom. The van der Waals surface area contributed by atoms with E-state index in [9.17, 15) is 13.2 Å². The fourth-order valence-corrected chi connectivity index (χ4v) is 2.95. The molecule has 0 aromatic heterocycles. The molecule has 1 amide bonds. The summed E-state index contributed by atoms with van der Waals surface area (Å²) in [5.74, 6) is 0.241. The first-order valence-electron chi connectivity index (χ1n) is 6.89. The third kappa shape index (κ3) is 5.02. The molecule has 0 saturated carbocycles. The van der Waals surface area contributed by atoms with Gasteiger partial charge in [-0.15, -0.1) is 0 Å². The Morgan fingerprint density at radius 2 is 1.95 bits per heavy atom. The van der Waals surface area contributed by atoms with Crippen molar-refractivity contribution >= 4 is 21.6 Å². The average molecular weight is 314 g/mol. The maximum atomic E-state index is 12.2. The lowest BCUT2D eigenvalue weighted by atomic mass is 10.3. The molecular formula is C14H22N2O4S. The summed E-state index contributed by atoms with van der Waals surface area (Å²) in [4.78, 5) is 11.6. The first-order valence-corrected chi connectivity index (χ1v) is 8.37. The normalized spacial score (nSPS) is 11.5. The van der Waals surface area contributed by atoms with Gasteiger partial charge in [0.2, 0.25) is 15.9 Å². The minimum atomic E-state index is -3.61. The van der Waals surface area contributed by atoms with Crippen molar-refractivity contribution in [1.82, 2.24) is 4.72 Å². The van der Waals surface area contributed by atoms with Crippen LogP contribution in [0.15, 0.2) is 23.1 Å². The van der Waals surface area contributed by atoms with Crippen molar-refractivity contribution in [2.75, 3.05) is 11.9 Å². The number of rotatable bonds is 7. The molecule has 0 atom stereocenters. The van der Waals surface area contributed by atoms with Crippen LogP contribution in [-0.2, 0) is 14.8 Å². The molecule has 0 saturated heterocycles. The summed E-state index contributed by atoms with van der Waals surface area (Å²) in [6.45, 7) is 7.44. The van der Waals surface area contributed by atoms with Crippen molar-refractivity contribution in [2.45, 2.75) is 45.1 Å². The molecular weight excluding hydrogens is 292 g/mol. The Labute approximate surface area is 125 Å². The van der Waals surface area contributed by atoms with Crippen LogP contribution in [0.3, 0.4) is 0 Å². The molecule has 6 nitrogen and oxygen atoms in total. The van der Waals surface area contributed by atoms with Gasteiger partial charge in [0.05, 0.1) is 17.2 Å². The molecule has 0 fully saturated rings. The van der Waals surface area contributed by atoms with Crippen LogP contribution >= 0.6 is 0 Å². The number of benzene rings is 1. The van der Waals surface area contributed by atoms with E-state index in [1.54, 1.807) is 26.8 Å². The zero-order chi connectivity index (χ0) is 16.0. The van der Waals surface area contributed by atoms with E-state index >= 15 is 0 Å². The first-order chi connectivity index (χ1) is 9.80. The van der Waals surface area contributed by atoms with Crippen LogP contribution in [0.5, 0.6) is 5.75 Å². The van der Waals surface area contributed by atoms with Crippen LogP contribution in [0.4, 0.5) is 5.69 Å². The van der Waals surface area contributed by atoms with Crippen LogP contribution in [0.2, 0.25) is 0 Å². The molecule has 1 aromatic rings. The zero-order valence-electron chi connectivity index (χ0n) is 12.8. The molecule has 118 valence electrons. The Hall–Kier alpha value is -1.60. The smallest absolute Gasteiger partial charge is 0.240 e. The van der Waals surface area contributed by atoms with E-state index < -0.39 is 10.0 Å². The minimum Gasteiger partial charge on any atom is -0.492 e. The van der Waals surface area contributed by atoms with E-state index in [0.29, 0.717) is 24.5 Å². The Morgan fingerprint density at radius 3 is 2.48 bits per heavy atom. The summed E-state index contributed by atoms with van der Waals surface area (Å²) in [6, 6.07) is 4.19. The van der Waals surface area contributed by atoms with Gasteiger partial charge in [-0.2, -0.15) is 0 Å². The SMILES string of the molecule is CCOc1ccc(S(=O)(=O)NC(C)C)cc1NC(=O)CC. The quantitative estimate of drug-likeness (QED) is 0.807. The molecule has 0 bridgehead atoms. The van der Waals surface area contributed by atoms with E-state index in [2.05, 4.69) is 10.0 Å². The molecule has 1 aromatic carbocycles. The van der Waals surface area contributed by atoms with Gasteiger partial charge >= 0.3 is 0 Å². The topological polar surface area (TPSA) is 84.5 Å². The monoisotopic (exact) mass is 314 g/mol. The zero-order valence-corrected chi connectivity index (χ0v) is 13.6. The summed E-state index contributed by atoms with van der Waals surface area (Å²) in [6.07, 6.45) is 0.298. The second-order valence-corrected chi connectivity index (χ2v) is 6.48. The molecule has 0 unspecified atom stereocenters. The third-order valence-electron chi connectivity index (χ3n) is 2.55. The highest BCUT2D eigenvalue weighted by molar-refractivity contribution is 7.89. The average Bonchev–Trinajstić information content (AvgIpc) is 2.39. The highest BCUT2D eigenvalue weighted by Gasteiger charge is 2.18. The summed E-state index contributed by atoms with van der Waals surface area (Å²) < 4.78 is 32.2. The van der Waals surface area contributed by atoms with E-state index in [0.717, 1.165) is 0 Å². The van der Waals surface area contributed by atoms with Gasteiger partial charge in [0.1, 0.15) is 5.75 Å².